The van der Waals surface area contributed by atoms with Crippen LogP contribution >= 0.6 is 0 Å². The summed E-state index contributed by atoms with van der Waals surface area (Å²) in [6.07, 6.45) is 8.30. The molecule has 3 aliphatic carbocycles. The topological polar surface area (TPSA) is 49.4 Å². The number of fused-ring (bicyclic) bond motifs is 5. The molecule has 1 N–H and O–H groups in total. The van der Waals surface area contributed by atoms with Crippen LogP contribution in [0.4, 0.5) is 0 Å². The van der Waals surface area contributed by atoms with Gasteiger partial charge in [-0.15, -0.1) is 0 Å². The predicted octanol–water partition coefficient (Wildman–Crippen LogP) is 3.36. The average Bonchev–Trinajstić information content (AvgIpc) is 3.39. The van der Waals surface area contributed by atoms with Crippen LogP contribution in [-0.4, -0.2) is 29.3 Å². The summed E-state index contributed by atoms with van der Waals surface area (Å²) in [5, 5.41) is 3.35. The summed E-state index contributed by atoms with van der Waals surface area (Å²) in [4.78, 5) is 26.6. The first-order valence-corrected chi connectivity index (χ1v) is 10.4. The highest BCUT2D eigenvalue weighted by atomic mass is 16.2. The lowest BCUT2D eigenvalue weighted by Crippen LogP contribution is -2.42. The quantitative estimate of drug-likeness (QED) is 0.903. The Bertz CT molecular complexity index is 731. The zero-order chi connectivity index (χ0) is 17.7. The third-order valence-electron chi connectivity index (χ3n) is 7.48. The second kappa shape index (κ2) is 6.40. The second-order valence-corrected chi connectivity index (χ2v) is 8.85. The van der Waals surface area contributed by atoms with Gasteiger partial charge in [0, 0.05) is 31.1 Å². The summed E-state index contributed by atoms with van der Waals surface area (Å²) in [6.45, 7) is 1.46. The molecule has 0 spiro atoms. The van der Waals surface area contributed by atoms with E-state index in [9.17, 15) is 9.59 Å². The lowest BCUT2D eigenvalue weighted by molar-refractivity contribution is -0.128. The Labute approximate surface area is 155 Å². The second-order valence-electron chi connectivity index (χ2n) is 8.85. The largest absolute Gasteiger partial charge is 0.349 e. The van der Waals surface area contributed by atoms with Crippen molar-refractivity contribution >= 4 is 11.8 Å². The van der Waals surface area contributed by atoms with E-state index in [0.717, 1.165) is 41.8 Å². The third kappa shape index (κ3) is 2.74. The van der Waals surface area contributed by atoms with E-state index in [2.05, 4.69) is 5.32 Å². The van der Waals surface area contributed by atoms with Crippen molar-refractivity contribution in [1.82, 2.24) is 10.2 Å². The van der Waals surface area contributed by atoms with Crippen molar-refractivity contribution in [3.05, 3.63) is 35.4 Å². The molecule has 1 aliphatic heterocycles. The lowest BCUT2D eigenvalue weighted by Gasteiger charge is -2.32. The highest BCUT2D eigenvalue weighted by Gasteiger charge is 2.54. The fraction of sp³-hybridized carbons (Fsp3) is 0.636. The van der Waals surface area contributed by atoms with Gasteiger partial charge in [0.1, 0.15) is 0 Å². The van der Waals surface area contributed by atoms with Crippen molar-refractivity contribution in [2.75, 3.05) is 6.54 Å². The number of hydrogen-bond acceptors (Lipinski definition) is 2. The van der Waals surface area contributed by atoms with Crippen LogP contribution in [0, 0.1) is 23.7 Å². The molecule has 2 bridgehead atoms. The Balaban J connectivity index is 1.25. The van der Waals surface area contributed by atoms with Crippen LogP contribution in [0.15, 0.2) is 24.3 Å². The van der Waals surface area contributed by atoms with Gasteiger partial charge in [0.05, 0.1) is 0 Å². The van der Waals surface area contributed by atoms with E-state index in [1.807, 2.05) is 29.2 Å². The maximum absolute atomic E-state index is 12.8. The van der Waals surface area contributed by atoms with Gasteiger partial charge in [-0.2, -0.15) is 0 Å². The van der Waals surface area contributed by atoms with Crippen molar-refractivity contribution < 1.29 is 9.59 Å². The molecule has 0 aromatic heterocycles. The van der Waals surface area contributed by atoms with Crippen molar-refractivity contribution in [3.63, 3.8) is 0 Å². The molecule has 0 radical (unpaired) electrons. The summed E-state index contributed by atoms with van der Waals surface area (Å²) < 4.78 is 0. The highest BCUT2D eigenvalue weighted by molar-refractivity contribution is 5.94. The Hall–Kier alpha value is -1.84. The molecule has 1 aromatic rings. The molecule has 1 heterocycles. The van der Waals surface area contributed by atoms with Crippen molar-refractivity contribution in [1.29, 1.82) is 0 Å². The summed E-state index contributed by atoms with van der Waals surface area (Å²) in [5.41, 5.74) is 1.79. The van der Waals surface area contributed by atoms with Gasteiger partial charge in [0.15, 0.2) is 0 Å². The van der Waals surface area contributed by atoms with Crippen molar-refractivity contribution in [2.24, 2.45) is 23.7 Å². The van der Waals surface area contributed by atoms with E-state index in [4.69, 9.17) is 0 Å². The van der Waals surface area contributed by atoms with Crippen LogP contribution in [0.1, 0.15) is 60.9 Å². The fourth-order valence-electron chi connectivity index (χ4n) is 6.39. The first-order valence-electron chi connectivity index (χ1n) is 10.4. The number of rotatable bonds is 4. The molecular formula is C22H28N2O2. The number of benzene rings is 1. The monoisotopic (exact) mass is 352 g/mol. The van der Waals surface area contributed by atoms with Gasteiger partial charge >= 0.3 is 0 Å². The molecule has 4 aliphatic rings. The standard InChI is InChI=1S/C22H28N2O2/c25-21-8-3-9-24(21)13-14-4-1-5-15(10-14)22(26)23-20-12-16-11-19(20)18-7-2-6-17(16)18/h1,4-5,10,16-20H,2-3,6-9,11-13H2,(H,23,26)/t16-,17+,18-,19+,20-/m1/s1. The fourth-order valence-corrected chi connectivity index (χ4v) is 6.39. The average molecular weight is 352 g/mol. The van der Waals surface area contributed by atoms with Crippen LogP contribution in [0.3, 0.4) is 0 Å². The van der Waals surface area contributed by atoms with Gasteiger partial charge in [0.25, 0.3) is 5.91 Å². The van der Waals surface area contributed by atoms with E-state index in [1.165, 1.54) is 32.1 Å². The molecule has 1 saturated heterocycles. The molecule has 4 nitrogen and oxygen atoms in total. The minimum Gasteiger partial charge on any atom is -0.349 e. The maximum atomic E-state index is 12.8. The number of likely N-dealkylation sites (tertiary alicyclic amines) is 1. The van der Waals surface area contributed by atoms with Gasteiger partial charge in [0.2, 0.25) is 5.91 Å². The van der Waals surface area contributed by atoms with E-state index in [0.29, 0.717) is 24.9 Å². The molecule has 1 aromatic carbocycles. The van der Waals surface area contributed by atoms with Crippen molar-refractivity contribution in [3.8, 4) is 0 Å². The lowest BCUT2D eigenvalue weighted by atomic mass is 9.79. The molecule has 4 fully saturated rings. The van der Waals surface area contributed by atoms with Gasteiger partial charge in [-0.3, -0.25) is 9.59 Å². The Morgan fingerprint density at radius 2 is 2.00 bits per heavy atom. The zero-order valence-corrected chi connectivity index (χ0v) is 15.3. The molecule has 26 heavy (non-hydrogen) atoms. The molecular weight excluding hydrogens is 324 g/mol. The molecule has 5 atom stereocenters. The molecule has 3 saturated carbocycles. The number of amides is 2. The molecule has 0 unspecified atom stereocenters. The Morgan fingerprint density at radius 1 is 1.12 bits per heavy atom. The van der Waals surface area contributed by atoms with Gasteiger partial charge in [-0.25, -0.2) is 0 Å². The number of hydrogen-bond donors (Lipinski definition) is 1. The minimum atomic E-state index is 0.0618. The number of nitrogens with zero attached hydrogens (tertiary/aromatic N) is 1. The zero-order valence-electron chi connectivity index (χ0n) is 15.3. The van der Waals surface area contributed by atoms with Gasteiger partial charge in [-0.1, -0.05) is 18.6 Å². The van der Waals surface area contributed by atoms with E-state index in [1.54, 1.807) is 0 Å². The minimum absolute atomic E-state index is 0.0618. The maximum Gasteiger partial charge on any atom is 0.251 e. The number of nitrogens with one attached hydrogen (secondary N) is 1. The normalized spacial score (nSPS) is 35.2. The first kappa shape index (κ1) is 16.3. The number of carbonyl (C=O) groups is 2. The van der Waals surface area contributed by atoms with E-state index >= 15 is 0 Å². The van der Waals surface area contributed by atoms with Crippen LogP contribution in [0.2, 0.25) is 0 Å². The summed E-state index contributed by atoms with van der Waals surface area (Å²) >= 11 is 0. The SMILES string of the molecule is O=C(N[C@@H]1C[C@H]2C[C@H]1[C@@H]1CCC[C@@H]21)c1cccc(CN2CCCC2=O)c1. The number of carbonyl (C=O) groups excluding carboxylic acids is 2. The van der Waals surface area contributed by atoms with Crippen molar-refractivity contribution in [2.45, 2.75) is 57.5 Å². The molecule has 5 rings (SSSR count). The van der Waals surface area contributed by atoms with Crippen LogP contribution < -0.4 is 5.32 Å². The van der Waals surface area contributed by atoms with Crippen LogP contribution in [0.5, 0.6) is 0 Å². The summed E-state index contributed by atoms with van der Waals surface area (Å²) in [7, 11) is 0. The Kier molecular flexibility index (Phi) is 4.02. The van der Waals surface area contributed by atoms with Gasteiger partial charge < -0.3 is 10.2 Å². The highest BCUT2D eigenvalue weighted by Crippen LogP contribution is 2.58. The molecule has 138 valence electrons. The summed E-state index contributed by atoms with van der Waals surface area (Å²) in [5.74, 6) is 3.67. The Morgan fingerprint density at radius 3 is 2.85 bits per heavy atom. The third-order valence-corrected chi connectivity index (χ3v) is 7.48. The van der Waals surface area contributed by atoms with Gasteiger partial charge in [-0.05, 0) is 73.5 Å². The first-order chi connectivity index (χ1) is 12.7. The van der Waals surface area contributed by atoms with Crippen LogP contribution in [-0.2, 0) is 11.3 Å². The smallest absolute Gasteiger partial charge is 0.251 e. The molecule has 4 heteroatoms. The van der Waals surface area contributed by atoms with Crippen LogP contribution in [0.25, 0.3) is 0 Å². The summed E-state index contributed by atoms with van der Waals surface area (Å²) in [6, 6.07) is 8.19. The van der Waals surface area contributed by atoms with E-state index in [-0.39, 0.29) is 11.8 Å². The predicted molar refractivity (Wildman–Crippen MR) is 99.4 cm³/mol. The van der Waals surface area contributed by atoms with E-state index < -0.39 is 0 Å². The molecule has 2 amide bonds.